The van der Waals surface area contributed by atoms with Crippen molar-refractivity contribution in [3.8, 4) is 0 Å². The average molecular weight is 873 g/mol. The highest BCUT2D eigenvalue weighted by molar-refractivity contribution is 5.71. The van der Waals surface area contributed by atoms with Crippen molar-refractivity contribution < 1.29 is 28.6 Å². The summed E-state index contributed by atoms with van der Waals surface area (Å²) in [5.74, 6) is -1.02. The summed E-state index contributed by atoms with van der Waals surface area (Å²) >= 11 is 0. The number of unbranched alkanes of at least 4 members (excludes halogenated alkanes) is 15. The van der Waals surface area contributed by atoms with Crippen molar-refractivity contribution in [2.24, 2.45) is 0 Å². The minimum absolute atomic E-state index is 0.113. The van der Waals surface area contributed by atoms with Crippen LogP contribution in [0.15, 0.2) is 109 Å². The van der Waals surface area contributed by atoms with Gasteiger partial charge in [0.15, 0.2) is 6.10 Å². The molecule has 1 atom stereocenters. The standard InChI is InChI=1S/C57H92O6/c1-4-7-10-13-16-19-22-25-27-28-30-32-35-38-41-44-47-50-56(59)62-53-54(52-61-55(58)49-46-43-40-37-34-31-24-21-18-15-12-9-6-3)63-57(60)51-48-45-42-39-36-33-29-26-23-20-17-14-11-8-5-2/h7-8,10-11,16-17,19-20,25-27,29-30,32,36,38-39,41,54H,4-6,9,12-15,18,21-24,28,31,33-35,37,40,42-53H2,1-3H3/b10-7-,11-8-,19-16-,20-17-,27-25-,29-26-,32-30-,39-36-,41-38-. The molecular weight excluding hydrogens is 781 g/mol. The first-order valence-electron chi connectivity index (χ1n) is 25.4. The highest BCUT2D eigenvalue weighted by Crippen LogP contribution is 2.14. The molecular formula is C57H92O6. The van der Waals surface area contributed by atoms with E-state index in [-0.39, 0.29) is 44.0 Å². The number of carbonyl (C=O) groups is 3. The van der Waals surface area contributed by atoms with Crippen molar-refractivity contribution in [3.63, 3.8) is 0 Å². The minimum Gasteiger partial charge on any atom is -0.462 e. The molecule has 0 rings (SSSR count). The van der Waals surface area contributed by atoms with Gasteiger partial charge in [-0.25, -0.2) is 0 Å². The van der Waals surface area contributed by atoms with Crippen LogP contribution in [0.2, 0.25) is 0 Å². The Morgan fingerprint density at radius 3 is 1.03 bits per heavy atom. The van der Waals surface area contributed by atoms with E-state index >= 15 is 0 Å². The number of carbonyl (C=O) groups excluding carboxylic acids is 3. The van der Waals surface area contributed by atoms with Crippen LogP contribution in [0.25, 0.3) is 0 Å². The maximum Gasteiger partial charge on any atom is 0.306 e. The molecule has 0 spiro atoms. The van der Waals surface area contributed by atoms with Crippen LogP contribution in [0.1, 0.15) is 213 Å². The predicted octanol–water partition coefficient (Wildman–Crippen LogP) is 16.8. The summed E-state index contributed by atoms with van der Waals surface area (Å²) in [6.07, 6.45) is 67.9. The zero-order valence-electron chi connectivity index (χ0n) is 40.5. The van der Waals surface area contributed by atoms with Crippen LogP contribution < -0.4 is 0 Å². The molecule has 0 aromatic rings. The summed E-state index contributed by atoms with van der Waals surface area (Å²) in [4.78, 5) is 37.9. The number of allylic oxidation sites excluding steroid dienone is 18. The molecule has 0 N–H and O–H groups in total. The third kappa shape index (κ3) is 49.0. The maximum absolute atomic E-state index is 12.8. The monoisotopic (exact) mass is 873 g/mol. The van der Waals surface area contributed by atoms with Gasteiger partial charge >= 0.3 is 17.9 Å². The van der Waals surface area contributed by atoms with Crippen LogP contribution >= 0.6 is 0 Å². The average Bonchev–Trinajstić information content (AvgIpc) is 3.28. The van der Waals surface area contributed by atoms with E-state index in [1.165, 1.54) is 64.2 Å². The lowest BCUT2D eigenvalue weighted by molar-refractivity contribution is -0.167. The van der Waals surface area contributed by atoms with Crippen molar-refractivity contribution in [3.05, 3.63) is 109 Å². The molecule has 0 saturated carbocycles. The lowest BCUT2D eigenvalue weighted by Crippen LogP contribution is -2.30. The Hall–Kier alpha value is -3.93. The first kappa shape index (κ1) is 59.1. The fraction of sp³-hybridized carbons (Fsp3) is 0.632. The van der Waals surface area contributed by atoms with Gasteiger partial charge in [-0.15, -0.1) is 0 Å². The third-order valence-electron chi connectivity index (χ3n) is 10.3. The first-order valence-corrected chi connectivity index (χ1v) is 25.4. The molecule has 0 saturated heterocycles. The zero-order valence-corrected chi connectivity index (χ0v) is 40.5. The molecule has 0 aromatic carbocycles. The molecule has 6 nitrogen and oxygen atoms in total. The van der Waals surface area contributed by atoms with Gasteiger partial charge in [0, 0.05) is 19.3 Å². The van der Waals surface area contributed by atoms with Crippen LogP contribution in [0.3, 0.4) is 0 Å². The summed E-state index contributed by atoms with van der Waals surface area (Å²) < 4.78 is 16.7. The lowest BCUT2D eigenvalue weighted by Gasteiger charge is -2.18. The molecule has 0 heterocycles. The van der Waals surface area contributed by atoms with Gasteiger partial charge in [0.05, 0.1) is 0 Å². The highest BCUT2D eigenvalue weighted by Gasteiger charge is 2.19. The Balaban J connectivity index is 4.56. The fourth-order valence-electron chi connectivity index (χ4n) is 6.53. The van der Waals surface area contributed by atoms with Gasteiger partial charge in [0.1, 0.15) is 13.2 Å². The minimum atomic E-state index is -0.822. The van der Waals surface area contributed by atoms with E-state index in [0.29, 0.717) is 19.3 Å². The van der Waals surface area contributed by atoms with E-state index in [1.54, 1.807) is 0 Å². The van der Waals surface area contributed by atoms with Crippen molar-refractivity contribution in [1.82, 2.24) is 0 Å². The summed E-state index contributed by atoms with van der Waals surface area (Å²) in [6, 6.07) is 0. The quantitative estimate of drug-likeness (QED) is 0.0263. The summed E-state index contributed by atoms with van der Waals surface area (Å²) in [7, 11) is 0. The number of rotatable bonds is 44. The maximum atomic E-state index is 12.8. The van der Waals surface area contributed by atoms with Crippen LogP contribution in [0, 0.1) is 0 Å². The first-order chi connectivity index (χ1) is 31.0. The Morgan fingerprint density at radius 2 is 0.635 bits per heavy atom. The fourth-order valence-corrected chi connectivity index (χ4v) is 6.53. The second-order valence-corrected chi connectivity index (χ2v) is 16.3. The topological polar surface area (TPSA) is 78.9 Å². The predicted molar refractivity (Wildman–Crippen MR) is 270 cm³/mol. The van der Waals surface area contributed by atoms with Crippen molar-refractivity contribution in [2.75, 3.05) is 13.2 Å². The van der Waals surface area contributed by atoms with Crippen LogP contribution in [0.5, 0.6) is 0 Å². The zero-order chi connectivity index (χ0) is 45.8. The number of hydrogen-bond donors (Lipinski definition) is 0. The SMILES string of the molecule is CC/C=C\C/C=C\C/C=C\C/C=C\C/C=C\CCCC(=O)OCC(COC(=O)CCCCCCCCCCCCCCC)OC(=O)CCCC/C=C\C/C=C\C/C=C\C/C=C\CC. The normalized spacial score (nSPS) is 13.0. The van der Waals surface area contributed by atoms with Crippen LogP contribution in [0.4, 0.5) is 0 Å². The van der Waals surface area contributed by atoms with Gasteiger partial charge in [-0.05, 0) is 96.3 Å². The Kier molecular flexibility index (Phi) is 47.5. The Bertz CT molecular complexity index is 1330. The van der Waals surface area contributed by atoms with Gasteiger partial charge in [-0.2, -0.15) is 0 Å². The molecule has 1 unspecified atom stereocenters. The number of hydrogen-bond acceptors (Lipinski definition) is 6. The Labute approximate surface area is 387 Å². The van der Waals surface area contributed by atoms with Gasteiger partial charge in [-0.3, -0.25) is 14.4 Å². The Morgan fingerprint density at radius 1 is 0.333 bits per heavy atom. The van der Waals surface area contributed by atoms with Crippen molar-refractivity contribution in [2.45, 2.75) is 219 Å². The van der Waals surface area contributed by atoms with Crippen molar-refractivity contribution >= 4 is 17.9 Å². The molecule has 0 radical (unpaired) electrons. The number of ether oxygens (including phenoxy) is 3. The van der Waals surface area contributed by atoms with E-state index in [2.05, 4.69) is 130 Å². The van der Waals surface area contributed by atoms with E-state index in [4.69, 9.17) is 14.2 Å². The summed E-state index contributed by atoms with van der Waals surface area (Å²) in [5.41, 5.74) is 0. The van der Waals surface area contributed by atoms with E-state index in [1.807, 2.05) is 0 Å². The summed E-state index contributed by atoms with van der Waals surface area (Å²) in [5, 5.41) is 0. The van der Waals surface area contributed by atoms with E-state index < -0.39 is 6.10 Å². The molecule has 0 aliphatic carbocycles. The van der Waals surface area contributed by atoms with Gasteiger partial charge in [-0.1, -0.05) is 207 Å². The van der Waals surface area contributed by atoms with Crippen LogP contribution in [-0.4, -0.2) is 37.2 Å². The smallest absolute Gasteiger partial charge is 0.306 e. The molecule has 0 aliphatic heterocycles. The van der Waals surface area contributed by atoms with Gasteiger partial charge in [0.25, 0.3) is 0 Å². The second-order valence-electron chi connectivity index (χ2n) is 16.3. The van der Waals surface area contributed by atoms with E-state index in [9.17, 15) is 14.4 Å². The van der Waals surface area contributed by atoms with Gasteiger partial charge < -0.3 is 14.2 Å². The van der Waals surface area contributed by atoms with E-state index in [0.717, 1.165) is 96.3 Å². The molecule has 0 amide bonds. The van der Waals surface area contributed by atoms with Gasteiger partial charge in [0.2, 0.25) is 0 Å². The summed E-state index contributed by atoms with van der Waals surface area (Å²) in [6.45, 7) is 6.31. The lowest BCUT2D eigenvalue weighted by atomic mass is 10.0. The molecule has 63 heavy (non-hydrogen) atoms. The molecule has 0 bridgehead atoms. The molecule has 0 aliphatic rings. The molecule has 0 fully saturated rings. The molecule has 6 heteroatoms. The largest absolute Gasteiger partial charge is 0.462 e. The second kappa shape index (κ2) is 50.7. The highest BCUT2D eigenvalue weighted by atomic mass is 16.6. The molecule has 0 aromatic heterocycles. The van der Waals surface area contributed by atoms with Crippen LogP contribution in [-0.2, 0) is 28.6 Å². The number of esters is 3. The molecule has 356 valence electrons. The third-order valence-corrected chi connectivity index (χ3v) is 10.3. The van der Waals surface area contributed by atoms with Crippen molar-refractivity contribution in [1.29, 1.82) is 0 Å².